The zero-order valence-electron chi connectivity index (χ0n) is 11.3. The standard InChI is InChI=1S/C14H22N4S/c1-2-8-15-11(3-1)9-19-14-17-16-13(10-4-5-10)18(14)12-6-7-12/h10-12,15H,1-9H2. The largest absolute Gasteiger partial charge is 0.313 e. The van der Waals surface area contributed by atoms with Gasteiger partial charge in [0, 0.05) is 23.8 Å². The molecule has 3 fully saturated rings. The lowest BCUT2D eigenvalue weighted by atomic mass is 10.1. The average Bonchev–Trinajstić information content (AvgIpc) is 3.36. The van der Waals surface area contributed by atoms with Crippen molar-refractivity contribution in [2.75, 3.05) is 12.3 Å². The first-order chi connectivity index (χ1) is 9.42. The molecule has 2 saturated carbocycles. The van der Waals surface area contributed by atoms with E-state index in [9.17, 15) is 0 Å². The summed E-state index contributed by atoms with van der Waals surface area (Å²) in [5.41, 5.74) is 0. The van der Waals surface area contributed by atoms with E-state index in [1.807, 2.05) is 11.8 Å². The Morgan fingerprint density at radius 1 is 1.11 bits per heavy atom. The third-order valence-corrected chi connectivity index (χ3v) is 5.48. The molecule has 1 aromatic heterocycles. The van der Waals surface area contributed by atoms with Crippen molar-refractivity contribution in [2.45, 2.75) is 68.1 Å². The van der Waals surface area contributed by atoms with E-state index in [1.165, 1.54) is 62.5 Å². The van der Waals surface area contributed by atoms with Gasteiger partial charge in [-0.3, -0.25) is 0 Å². The highest BCUT2D eigenvalue weighted by Crippen LogP contribution is 2.46. The average molecular weight is 278 g/mol. The van der Waals surface area contributed by atoms with Gasteiger partial charge in [-0.05, 0) is 45.1 Å². The van der Waals surface area contributed by atoms with Crippen LogP contribution in [-0.2, 0) is 0 Å². The van der Waals surface area contributed by atoms with E-state index < -0.39 is 0 Å². The van der Waals surface area contributed by atoms with Crippen LogP contribution in [0, 0.1) is 0 Å². The molecule has 1 unspecified atom stereocenters. The molecule has 104 valence electrons. The molecule has 1 atom stereocenters. The van der Waals surface area contributed by atoms with Crippen LogP contribution in [0.3, 0.4) is 0 Å². The van der Waals surface area contributed by atoms with Crippen LogP contribution in [0.4, 0.5) is 0 Å². The highest BCUT2D eigenvalue weighted by Gasteiger charge is 2.36. The van der Waals surface area contributed by atoms with E-state index in [2.05, 4.69) is 20.1 Å². The molecule has 2 aliphatic carbocycles. The quantitative estimate of drug-likeness (QED) is 0.841. The van der Waals surface area contributed by atoms with Crippen LogP contribution in [0.2, 0.25) is 0 Å². The van der Waals surface area contributed by atoms with Crippen LogP contribution >= 0.6 is 11.8 Å². The summed E-state index contributed by atoms with van der Waals surface area (Å²) < 4.78 is 2.46. The Labute approximate surface area is 118 Å². The lowest BCUT2D eigenvalue weighted by molar-refractivity contribution is 0.429. The van der Waals surface area contributed by atoms with E-state index >= 15 is 0 Å². The van der Waals surface area contributed by atoms with Gasteiger partial charge in [0.15, 0.2) is 5.16 Å². The Kier molecular flexibility index (Phi) is 3.27. The number of nitrogens with one attached hydrogen (secondary N) is 1. The lowest BCUT2D eigenvalue weighted by Crippen LogP contribution is -2.35. The highest BCUT2D eigenvalue weighted by atomic mass is 32.2. The van der Waals surface area contributed by atoms with E-state index in [1.54, 1.807) is 0 Å². The van der Waals surface area contributed by atoms with Gasteiger partial charge in [-0.15, -0.1) is 10.2 Å². The number of aromatic nitrogens is 3. The maximum absolute atomic E-state index is 4.47. The lowest BCUT2D eigenvalue weighted by Gasteiger charge is -2.22. The molecule has 0 amide bonds. The van der Waals surface area contributed by atoms with Gasteiger partial charge in [-0.1, -0.05) is 18.2 Å². The van der Waals surface area contributed by atoms with Gasteiger partial charge in [0.2, 0.25) is 0 Å². The van der Waals surface area contributed by atoms with E-state index in [0.717, 1.165) is 11.7 Å². The first-order valence-corrected chi connectivity index (χ1v) is 8.71. The zero-order chi connectivity index (χ0) is 12.7. The first-order valence-electron chi connectivity index (χ1n) is 7.73. The van der Waals surface area contributed by atoms with Crippen LogP contribution in [0.5, 0.6) is 0 Å². The number of nitrogens with zero attached hydrogens (tertiary/aromatic N) is 3. The van der Waals surface area contributed by atoms with Crippen molar-refractivity contribution in [3.05, 3.63) is 5.82 Å². The molecule has 2 heterocycles. The molecule has 0 radical (unpaired) electrons. The molecule has 0 spiro atoms. The van der Waals surface area contributed by atoms with Gasteiger partial charge in [0.05, 0.1) is 0 Å². The molecule has 19 heavy (non-hydrogen) atoms. The van der Waals surface area contributed by atoms with Crippen LogP contribution in [0.15, 0.2) is 5.16 Å². The fourth-order valence-corrected chi connectivity index (χ4v) is 4.04. The summed E-state index contributed by atoms with van der Waals surface area (Å²) in [6, 6.07) is 1.39. The number of thioether (sulfide) groups is 1. The second kappa shape index (κ2) is 5.09. The minimum atomic E-state index is 0.674. The molecule has 3 aliphatic rings. The molecule has 4 nitrogen and oxygen atoms in total. The summed E-state index contributed by atoms with van der Waals surface area (Å²) in [5.74, 6) is 3.15. The molecule has 0 bridgehead atoms. The first kappa shape index (κ1) is 12.2. The monoisotopic (exact) mass is 278 g/mol. The fraction of sp³-hybridized carbons (Fsp3) is 0.857. The molecule has 4 rings (SSSR count). The number of hydrogen-bond donors (Lipinski definition) is 1. The predicted molar refractivity (Wildman–Crippen MR) is 76.6 cm³/mol. The predicted octanol–water partition coefficient (Wildman–Crippen LogP) is 2.72. The van der Waals surface area contributed by atoms with Crippen molar-refractivity contribution < 1.29 is 0 Å². The smallest absolute Gasteiger partial charge is 0.191 e. The SMILES string of the molecule is C1CCC(CSc2nnc(C3CC3)n2C2CC2)NC1. The van der Waals surface area contributed by atoms with Crippen LogP contribution < -0.4 is 5.32 Å². The Bertz CT molecular complexity index is 444. The van der Waals surface area contributed by atoms with Gasteiger partial charge in [-0.2, -0.15) is 0 Å². The van der Waals surface area contributed by atoms with Crippen molar-refractivity contribution in [3.8, 4) is 0 Å². The molecule has 1 N–H and O–H groups in total. The Balaban J connectivity index is 1.44. The molecular formula is C14H22N4S. The number of hydrogen-bond acceptors (Lipinski definition) is 4. The second-order valence-corrected chi connectivity index (χ2v) is 7.16. The van der Waals surface area contributed by atoms with E-state index in [4.69, 9.17) is 0 Å². The summed E-state index contributed by atoms with van der Waals surface area (Å²) >= 11 is 1.91. The summed E-state index contributed by atoms with van der Waals surface area (Å²) in [6.07, 6.45) is 9.32. The summed E-state index contributed by atoms with van der Waals surface area (Å²) in [4.78, 5) is 0. The molecule has 1 aliphatic heterocycles. The van der Waals surface area contributed by atoms with Crippen LogP contribution in [-0.4, -0.2) is 33.1 Å². The molecule has 1 aromatic rings. The van der Waals surface area contributed by atoms with Crippen molar-refractivity contribution in [1.82, 2.24) is 20.1 Å². The number of rotatable bonds is 5. The maximum atomic E-state index is 4.47. The minimum absolute atomic E-state index is 0.674. The summed E-state index contributed by atoms with van der Waals surface area (Å²) in [7, 11) is 0. The second-order valence-electron chi connectivity index (χ2n) is 6.17. The van der Waals surface area contributed by atoms with Crippen molar-refractivity contribution in [2.24, 2.45) is 0 Å². The van der Waals surface area contributed by atoms with Gasteiger partial charge in [-0.25, -0.2) is 0 Å². The van der Waals surface area contributed by atoms with Gasteiger partial charge in [0.25, 0.3) is 0 Å². The van der Waals surface area contributed by atoms with Gasteiger partial charge >= 0.3 is 0 Å². The Morgan fingerprint density at radius 3 is 2.68 bits per heavy atom. The molecule has 1 saturated heterocycles. The number of piperidine rings is 1. The Morgan fingerprint density at radius 2 is 2.00 bits per heavy atom. The van der Waals surface area contributed by atoms with Crippen molar-refractivity contribution >= 4 is 11.8 Å². The third-order valence-electron chi connectivity index (χ3n) is 4.37. The van der Waals surface area contributed by atoms with Crippen molar-refractivity contribution in [3.63, 3.8) is 0 Å². The molecule has 5 heteroatoms. The van der Waals surface area contributed by atoms with Gasteiger partial charge < -0.3 is 9.88 Å². The van der Waals surface area contributed by atoms with E-state index in [0.29, 0.717) is 12.1 Å². The van der Waals surface area contributed by atoms with E-state index in [-0.39, 0.29) is 0 Å². The highest BCUT2D eigenvalue weighted by molar-refractivity contribution is 7.99. The van der Waals surface area contributed by atoms with Crippen LogP contribution in [0.1, 0.15) is 62.7 Å². The summed E-state index contributed by atoms with van der Waals surface area (Å²) in [5, 5.41) is 13.7. The topological polar surface area (TPSA) is 42.7 Å². The third kappa shape index (κ3) is 2.68. The van der Waals surface area contributed by atoms with Crippen LogP contribution in [0.25, 0.3) is 0 Å². The van der Waals surface area contributed by atoms with Crippen molar-refractivity contribution in [1.29, 1.82) is 0 Å². The Hall–Kier alpha value is -0.550. The molecular weight excluding hydrogens is 256 g/mol. The fourth-order valence-electron chi connectivity index (χ4n) is 2.92. The zero-order valence-corrected chi connectivity index (χ0v) is 12.2. The minimum Gasteiger partial charge on any atom is -0.313 e. The maximum Gasteiger partial charge on any atom is 0.191 e. The summed E-state index contributed by atoms with van der Waals surface area (Å²) in [6.45, 7) is 1.19. The molecule has 0 aromatic carbocycles. The normalized spacial score (nSPS) is 27.7. The van der Waals surface area contributed by atoms with Gasteiger partial charge in [0.1, 0.15) is 5.82 Å².